The first-order valence-electron chi connectivity index (χ1n) is 8.78. The molecule has 0 nitrogen and oxygen atoms in total. The van der Waals surface area contributed by atoms with Crippen molar-refractivity contribution in [3.05, 3.63) is 0 Å². The summed E-state index contributed by atoms with van der Waals surface area (Å²) in [6, 6.07) is 0. The van der Waals surface area contributed by atoms with Gasteiger partial charge in [-0.1, -0.05) is 32.6 Å². The standard InChI is InChI=1S/C18H30/c1-18-11-4-7-17(18)16-9-8-13-5-2-3-6-14(13)15(16)10-12-18/h13-17H,2-12H2,1H3/t13?,14-,15+,16+,17?,18-/m0/s1. The molecular formula is C18H30. The Labute approximate surface area is 113 Å². The lowest BCUT2D eigenvalue weighted by molar-refractivity contribution is -0.0492. The zero-order chi connectivity index (χ0) is 12.2. The van der Waals surface area contributed by atoms with Crippen LogP contribution in [0, 0.1) is 35.0 Å². The predicted molar refractivity (Wildman–Crippen MR) is 76.3 cm³/mol. The van der Waals surface area contributed by atoms with Crippen LogP contribution in [0.2, 0.25) is 0 Å². The van der Waals surface area contributed by atoms with Gasteiger partial charge in [-0.25, -0.2) is 0 Å². The molecule has 4 rings (SSSR count). The lowest BCUT2D eigenvalue weighted by Crippen LogP contribution is -2.46. The van der Waals surface area contributed by atoms with E-state index in [1.807, 2.05) is 0 Å². The summed E-state index contributed by atoms with van der Waals surface area (Å²) in [6.45, 7) is 2.63. The van der Waals surface area contributed by atoms with E-state index < -0.39 is 0 Å². The second-order valence-electron chi connectivity index (χ2n) is 8.30. The molecule has 0 bridgehead atoms. The number of hydrogen-bond donors (Lipinski definition) is 0. The first-order valence-corrected chi connectivity index (χ1v) is 8.78. The summed E-state index contributed by atoms with van der Waals surface area (Å²) < 4.78 is 0. The monoisotopic (exact) mass is 246 g/mol. The summed E-state index contributed by atoms with van der Waals surface area (Å²) in [7, 11) is 0. The molecule has 4 aliphatic rings. The highest BCUT2D eigenvalue weighted by Gasteiger charge is 2.52. The number of fused-ring (bicyclic) bond motifs is 5. The van der Waals surface area contributed by atoms with Gasteiger partial charge < -0.3 is 0 Å². The maximum Gasteiger partial charge on any atom is -0.0295 e. The summed E-state index contributed by atoms with van der Waals surface area (Å²) in [4.78, 5) is 0. The normalized spacial score (nSPS) is 55.5. The quantitative estimate of drug-likeness (QED) is 0.535. The second kappa shape index (κ2) is 4.25. The number of hydrogen-bond acceptors (Lipinski definition) is 0. The third kappa shape index (κ3) is 1.63. The smallest absolute Gasteiger partial charge is 0.0295 e. The fourth-order valence-corrected chi connectivity index (χ4v) is 6.82. The van der Waals surface area contributed by atoms with Crippen LogP contribution in [0.5, 0.6) is 0 Å². The molecule has 0 N–H and O–H groups in total. The molecule has 0 heterocycles. The average Bonchev–Trinajstić information content (AvgIpc) is 2.80. The summed E-state index contributed by atoms with van der Waals surface area (Å²) in [5.74, 6) is 5.72. The minimum Gasteiger partial charge on any atom is -0.0594 e. The van der Waals surface area contributed by atoms with Gasteiger partial charge in [0.05, 0.1) is 0 Å². The van der Waals surface area contributed by atoms with Crippen LogP contribution in [0.15, 0.2) is 0 Å². The molecule has 0 radical (unpaired) electrons. The van der Waals surface area contributed by atoms with Gasteiger partial charge >= 0.3 is 0 Å². The number of rotatable bonds is 0. The molecule has 0 aromatic heterocycles. The van der Waals surface area contributed by atoms with Gasteiger partial charge in [0.1, 0.15) is 0 Å². The van der Waals surface area contributed by atoms with Gasteiger partial charge in [-0.05, 0) is 80.0 Å². The molecule has 2 unspecified atom stereocenters. The zero-order valence-corrected chi connectivity index (χ0v) is 12.2. The van der Waals surface area contributed by atoms with Gasteiger partial charge in [-0.15, -0.1) is 0 Å². The van der Waals surface area contributed by atoms with E-state index in [1.54, 1.807) is 70.6 Å². The first-order chi connectivity index (χ1) is 8.78. The molecule has 4 fully saturated rings. The lowest BCUT2D eigenvalue weighted by atomic mass is 9.51. The van der Waals surface area contributed by atoms with Crippen molar-refractivity contribution in [2.45, 2.75) is 77.6 Å². The van der Waals surface area contributed by atoms with E-state index in [0.717, 1.165) is 35.0 Å². The van der Waals surface area contributed by atoms with E-state index in [0.29, 0.717) is 0 Å². The van der Waals surface area contributed by atoms with Crippen molar-refractivity contribution in [1.82, 2.24) is 0 Å². The van der Waals surface area contributed by atoms with E-state index in [4.69, 9.17) is 0 Å². The lowest BCUT2D eigenvalue weighted by Gasteiger charge is -2.54. The van der Waals surface area contributed by atoms with Crippen LogP contribution in [-0.2, 0) is 0 Å². The fraction of sp³-hybridized carbons (Fsp3) is 1.00. The fourth-order valence-electron chi connectivity index (χ4n) is 6.82. The predicted octanol–water partition coefficient (Wildman–Crippen LogP) is 5.42. The molecule has 18 heavy (non-hydrogen) atoms. The zero-order valence-electron chi connectivity index (χ0n) is 12.2. The Morgan fingerprint density at radius 2 is 1.56 bits per heavy atom. The van der Waals surface area contributed by atoms with Crippen molar-refractivity contribution in [3.8, 4) is 0 Å². The SMILES string of the molecule is C[C@@]12CCCC1[C@@H]1CCC3CCCC[C@@H]3[C@H]1CC2. The Bertz CT molecular complexity index is 320. The Kier molecular flexibility index (Phi) is 2.79. The van der Waals surface area contributed by atoms with E-state index in [1.165, 1.54) is 0 Å². The van der Waals surface area contributed by atoms with Crippen molar-refractivity contribution >= 4 is 0 Å². The van der Waals surface area contributed by atoms with Crippen LogP contribution < -0.4 is 0 Å². The summed E-state index contributed by atoms with van der Waals surface area (Å²) >= 11 is 0. The molecule has 6 atom stereocenters. The Hall–Kier alpha value is 0. The minimum atomic E-state index is 0.767. The van der Waals surface area contributed by atoms with Crippen molar-refractivity contribution in [2.24, 2.45) is 35.0 Å². The Balaban J connectivity index is 1.59. The van der Waals surface area contributed by atoms with Crippen molar-refractivity contribution in [1.29, 1.82) is 0 Å². The first kappa shape index (κ1) is 11.8. The summed E-state index contributed by atoms with van der Waals surface area (Å²) in [5, 5.41) is 0. The molecule has 102 valence electrons. The van der Waals surface area contributed by atoms with Crippen molar-refractivity contribution < 1.29 is 0 Å². The van der Waals surface area contributed by atoms with E-state index >= 15 is 0 Å². The van der Waals surface area contributed by atoms with E-state index in [-0.39, 0.29) is 0 Å². The van der Waals surface area contributed by atoms with Crippen LogP contribution in [0.1, 0.15) is 77.6 Å². The molecule has 0 aromatic carbocycles. The third-order valence-electron chi connectivity index (χ3n) is 7.66. The van der Waals surface area contributed by atoms with Crippen LogP contribution in [-0.4, -0.2) is 0 Å². The molecular weight excluding hydrogens is 216 g/mol. The highest BCUT2D eigenvalue weighted by atomic mass is 14.6. The maximum atomic E-state index is 2.63. The van der Waals surface area contributed by atoms with Gasteiger partial charge in [0.25, 0.3) is 0 Å². The molecule has 0 aliphatic heterocycles. The second-order valence-corrected chi connectivity index (χ2v) is 8.30. The molecule has 0 saturated heterocycles. The van der Waals surface area contributed by atoms with Crippen molar-refractivity contribution in [2.75, 3.05) is 0 Å². The molecule has 4 saturated carbocycles. The van der Waals surface area contributed by atoms with Crippen molar-refractivity contribution in [3.63, 3.8) is 0 Å². The molecule has 0 aromatic rings. The van der Waals surface area contributed by atoms with Gasteiger partial charge in [0.2, 0.25) is 0 Å². The maximum absolute atomic E-state index is 2.63. The van der Waals surface area contributed by atoms with Gasteiger partial charge in [0, 0.05) is 0 Å². The molecule has 0 amide bonds. The van der Waals surface area contributed by atoms with Gasteiger partial charge in [-0.2, -0.15) is 0 Å². The summed E-state index contributed by atoms with van der Waals surface area (Å²) in [5.41, 5.74) is 0.767. The highest BCUT2D eigenvalue weighted by molar-refractivity contribution is 5.02. The van der Waals surface area contributed by atoms with Crippen LogP contribution in [0.25, 0.3) is 0 Å². The van der Waals surface area contributed by atoms with Gasteiger partial charge in [-0.3, -0.25) is 0 Å². The van der Waals surface area contributed by atoms with E-state index in [2.05, 4.69) is 6.92 Å². The molecule has 0 spiro atoms. The largest absolute Gasteiger partial charge is 0.0594 e. The third-order valence-corrected chi connectivity index (χ3v) is 7.66. The minimum absolute atomic E-state index is 0.767. The highest BCUT2D eigenvalue weighted by Crippen LogP contribution is 2.62. The van der Waals surface area contributed by atoms with Crippen LogP contribution in [0.3, 0.4) is 0 Å². The Morgan fingerprint density at radius 3 is 2.50 bits per heavy atom. The topological polar surface area (TPSA) is 0 Å². The van der Waals surface area contributed by atoms with Gasteiger partial charge in [0.15, 0.2) is 0 Å². The average molecular weight is 246 g/mol. The van der Waals surface area contributed by atoms with Crippen LogP contribution >= 0.6 is 0 Å². The molecule has 4 aliphatic carbocycles. The summed E-state index contributed by atoms with van der Waals surface area (Å²) in [6.07, 6.45) is 17.3. The Morgan fingerprint density at radius 1 is 0.667 bits per heavy atom. The molecule has 0 heteroatoms. The van der Waals surface area contributed by atoms with Crippen LogP contribution in [0.4, 0.5) is 0 Å². The van der Waals surface area contributed by atoms with E-state index in [9.17, 15) is 0 Å².